The molecule has 1 fully saturated rings. The van der Waals surface area contributed by atoms with Crippen molar-refractivity contribution in [3.8, 4) is 0 Å². The second-order valence-electron chi connectivity index (χ2n) is 5.98. The summed E-state index contributed by atoms with van der Waals surface area (Å²) in [5, 5.41) is 10.4. The van der Waals surface area contributed by atoms with Crippen LogP contribution in [-0.4, -0.2) is 24.2 Å². The van der Waals surface area contributed by atoms with Gasteiger partial charge in [0.1, 0.15) is 5.76 Å². The Morgan fingerprint density at radius 2 is 2.09 bits per heavy atom. The first-order valence-electron chi connectivity index (χ1n) is 8.30. The zero-order valence-electron chi connectivity index (χ0n) is 13.4. The Balaban J connectivity index is 1.79. The first-order valence-corrected chi connectivity index (χ1v) is 8.30. The van der Waals surface area contributed by atoms with Gasteiger partial charge < -0.3 is 15.2 Å². The SMILES string of the molecule is CCc1cc(C(=O)NC(c2ccccc2)C2CCNCC2)no1. The summed E-state index contributed by atoms with van der Waals surface area (Å²) < 4.78 is 5.15. The fourth-order valence-electron chi connectivity index (χ4n) is 3.11. The van der Waals surface area contributed by atoms with Gasteiger partial charge in [0.25, 0.3) is 5.91 Å². The summed E-state index contributed by atoms with van der Waals surface area (Å²) >= 11 is 0. The molecule has 0 radical (unpaired) electrons. The van der Waals surface area contributed by atoms with E-state index in [0.717, 1.165) is 43.7 Å². The number of nitrogens with one attached hydrogen (secondary N) is 2. The maximum Gasteiger partial charge on any atom is 0.273 e. The number of amides is 1. The molecular weight excluding hydrogens is 290 g/mol. The Morgan fingerprint density at radius 1 is 1.35 bits per heavy atom. The van der Waals surface area contributed by atoms with Crippen LogP contribution in [0.1, 0.15) is 47.6 Å². The first kappa shape index (κ1) is 15.7. The quantitative estimate of drug-likeness (QED) is 0.890. The van der Waals surface area contributed by atoms with Crippen LogP contribution in [0.2, 0.25) is 0 Å². The van der Waals surface area contributed by atoms with Crippen LogP contribution in [0.15, 0.2) is 40.9 Å². The predicted octanol–water partition coefficient (Wildman–Crippen LogP) is 2.71. The molecule has 5 heteroatoms. The number of piperidine rings is 1. The highest BCUT2D eigenvalue weighted by atomic mass is 16.5. The third-order valence-corrected chi connectivity index (χ3v) is 4.44. The van der Waals surface area contributed by atoms with E-state index in [1.165, 1.54) is 0 Å². The van der Waals surface area contributed by atoms with E-state index in [9.17, 15) is 4.79 Å². The van der Waals surface area contributed by atoms with E-state index in [4.69, 9.17) is 4.52 Å². The minimum absolute atomic E-state index is 0.00702. The van der Waals surface area contributed by atoms with Crippen LogP contribution in [0.4, 0.5) is 0 Å². The average molecular weight is 313 g/mol. The maximum atomic E-state index is 12.6. The molecule has 0 spiro atoms. The molecule has 1 saturated heterocycles. The summed E-state index contributed by atoms with van der Waals surface area (Å²) in [7, 11) is 0. The molecule has 2 N–H and O–H groups in total. The molecule has 2 aromatic rings. The van der Waals surface area contributed by atoms with Gasteiger partial charge in [0.05, 0.1) is 6.04 Å². The standard InChI is InChI=1S/C18H23N3O2/c1-2-15-12-16(21-23-15)18(22)20-17(13-6-4-3-5-7-13)14-8-10-19-11-9-14/h3-7,12,14,17,19H,2,8-11H2,1H3,(H,20,22). The number of aromatic nitrogens is 1. The van der Waals surface area contributed by atoms with Crippen molar-refractivity contribution in [2.45, 2.75) is 32.2 Å². The highest BCUT2D eigenvalue weighted by Crippen LogP contribution is 2.29. The fourth-order valence-corrected chi connectivity index (χ4v) is 3.11. The molecule has 1 aliphatic rings. The van der Waals surface area contributed by atoms with Crippen LogP contribution >= 0.6 is 0 Å². The molecule has 23 heavy (non-hydrogen) atoms. The number of aryl methyl sites for hydroxylation is 1. The van der Waals surface area contributed by atoms with E-state index in [1.807, 2.05) is 25.1 Å². The second-order valence-corrected chi connectivity index (χ2v) is 5.98. The van der Waals surface area contributed by atoms with E-state index in [0.29, 0.717) is 11.6 Å². The van der Waals surface area contributed by atoms with Crippen molar-refractivity contribution in [1.29, 1.82) is 0 Å². The molecule has 1 atom stereocenters. The number of rotatable bonds is 5. The molecule has 0 aliphatic carbocycles. The lowest BCUT2D eigenvalue weighted by molar-refractivity contribution is 0.0905. The molecule has 1 aromatic heterocycles. The highest BCUT2D eigenvalue weighted by Gasteiger charge is 2.27. The largest absolute Gasteiger partial charge is 0.361 e. The molecule has 0 saturated carbocycles. The van der Waals surface area contributed by atoms with Gasteiger partial charge in [-0.3, -0.25) is 4.79 Å². The van der Waals surface area contributed by atoms with Gasteiger partial charge in [-0.2, -0.15) is 0 Å². The fraction of sp³-hybridized carbons (Fsp3) is 0.444. The molecule has 1 unspecified atom stereocenters. The monoisotopic (exact) mass is 313 g/mol. The summed E-state index contributed by atoms with van der Waals surface area (Å²) in [5.74, 6) is 0.995. The molecular formula is C18H23N3O2. The lowest BCUT2D eigenvalue weighted by Gasteiger charge is -2.31. The Morgan fingerprint density at radius 3 is 2.74 bits per heavy atom. The van der Waals surface area contributed by atoms with E-state index in [-0.39, 0.29) is 11.9 Å². The number of carbonyl (C=O) groups excluding carboxylic acids is 1. The van der Waals surface area contributed by atoms with Crippen molar-refractivity contribution >= 4 is 5.91 Å². The molecule has 1 aliphatic heterocycles. The summed E-state index contributed by atoms with van der Waals surface area (Å²) in [6.07, 6.45) is 2.84. The van der Waals surface area contributed by atoms with Gasteiger partial charge in [-0.15, -0.1) is 0 Å². The molecule has 3 rings (SSSR count). The average Bonchev–Trinajstić information content (AvgIpc) is 3.10. The van der Waals surface area contributed by atoms with Crippen molar-refractivity contribution in [3.05, 3.63) is 53.4 Å². The van der Waals surface area contributed by atoms with Crippen LogP contribution in [0, 0.1) is 5.92 Å². The van der Waals surface area contributed by atoms with E-state index in [1.54, 1.807) is 6.07 Å². The van der Waals surface area contributed by atoms with Gasteiger partial charge in [0.15, 0.2) is 5.69 Å². The summed E-state index contributed by atoms with van der Waals surface area (Å²) in [6, 6.07) is 11.9. The normalized spacial score (nSPS) is 16.9. The highest BCUT2D eigenvalue weighted by molar-refractivity contribution is 5.92. The number of carbonyl (C=O) groups is 1. The van der Waals surface area contributed by atoms with Crippen LogP contribution in [0.25, 0.3) is 0 Å². The summed E-state index contributed by atoms with van der Waals surface area (Å²) in [4.78, 5) is 12.6. The van der Waals surface area contributed by atoms with Gasteiger partial charge in [-0.25, -0.2) is 0 Å². The van der Waals surface area contributed by atoms with Gasteiger partial charge in [-0.1, -0.05) is 42.4 Å². The zero-order chi connectivity index (χ0) is 16.1. The van der Waals surface area contributed by atoms with Gasteiger partial charge in [0, 0.05) is 12.5 Å². The van der Waals surface area contributed by atoms with Crippen molar-refractivity contribution in [3.63, 3.8) is 0 Å². The molecule has 122 valence electrons. The van der Waals surface area contributed by atoms with E-state index in [2.05, 4.69) is 27.9 Å². The van der Waals surface area contributed by atoms with Crippen LogP contribution in [-0.2, 0) is 6.42 Å². The Bertz CT molecular complexity index is 633. The Kier molecular flexibility index (Phi) is 5.08. The lowest BCUT2D eigenvalue weighted by atomic mass is 9.86. The van der Waals surface area contributed by atoms with Crippen molar-refractivity contribution in [1.82, 2.24) is 15.8 Å². The van der Waals surface area contributed by atoms with E-state index < -0.39 is 0 Å². The topological polar surface area (TPSA) is 67.2 Å². The number of hydrogen-bond acceptors (Lipinski definition) is 4. The second kappa shape index (κ2) is 7.42. The summed E-state index contributed by atoms with van der Waals surface area (Å²) in [6.45, 7) is 3.96. The third-order valence-electron chi connectivity index (χ3n) is 4.44. The van der Waals surface area contributed by atoms with E-state index >= 15 is 0 Å². The van der Waals surface area contributed by atoms with Crippen molar-refractivity contribution in [2.75, 3.05) is 13.1 Å². The minimum Gasteiger partial charge on any atom is -0.361 e. The minimum atomic E-state index is -0.166. The smallest absolute Gasteiger partial charge is 0.273 e. The maximum absolute atomic E-state index is 12.6. The lowest BCUT2D eigenvalue weighted by Crippen LogP contribution is -2.39. The molecule has 5 nitrogen and oxygen atoms in total. The van der Waals surface area contributed by atoms with Gasteiger partial charge in [-0.05, 0) is 37.4 Å². The van der Waals surface area contributed by atoms with Gasteiger partial charge >= 0.3 is 0 Å². The first-order chi connectivity index (χ1) is 11.3. The van der Waals surface area contributed by atoms with Crippen molar-refractivity contribution < 1.29 is 9.32 Å². The Hall–Kier alpha value is -2.14. The summed E-state index contributed by atoms with van der Waals surface area (Å²) in [5.41, 5.74) is 1.50. The predicted molar refractivity (Wildman–Crippen MR) is 88.1 cm³/mol. The van der Waals surface area contributed by atoms with Crippen molar-refractivity contribution in [2.24, 2.45) is 5.92 Å². The van der Waals surface area contributed by atoms with Crippen LogP contribution in [0.3, 0.4) is 0 Å². The third kappa shape index (κ3) is 3.79. The number of hydrogen-bond donors (Lipinski definition) is 2. The Labute approximate surface area is 136 Å². The molecule has 2 heterocycles. The molecule has 1 amide bonds. The number of benzene rings is 1. The molecule has 1 aromatic carbocycles. The van der Waals surface area contributed by atoms with Crippen LogP contribution < -0.4 is 10.6 Å². The van der Waals surface area contributed by atoms with Gasteiger partial charge in [0.2, 0.25) is 0 Å². The molecule has 0 bridgehead atoms. The number of nitrogens with zero attached hydrogens (tertiary/aromatic N) is 1. The van der Waals surface area contributed by atoms with Crippen LogP contribution in [0.5, 0.6) is 0 Å². The zero-order valence-corrected chi connectivity index (χ0v) is 13.4.